The fraction of sp³-hybridized carbons (Fsp3) is 0.250. The highest BCUT2D eigenvalue weighted by atomic mass is 35.5. The Labute approximate surface area is 130 Å². The number of hydrogen-bond acceptors (Lipinski definition) is 2. The van der Waals surface area contributed by atoms with Gasteiger partial charge in [-0.1, -0.05) is 42.3 Å². The first kappa shape index (κ1) is 15.0. The summed E-state index contributed by atoms with van der Waals surface area (Å²) < 4.78 is 0. The van der Waals surface area contributed by atoms with Crippen LogP contribution in [0.1, 0.15) is 18.9 Å². The molecule has 20 heavy (non-hydrogen) atoms. The molecule has 0 saturated heterocycles. The van der Waals surface area contributed by atoms with Crippen molar-refractivity contribution in [2.75, 3.05) is 17.2 Å². The minimum atomic E-state index is 0.657. The third kappa shape index (κ3) is 3.81. The van der Waals surface area contributed by atoms with Crippen molar-refractivity contribution in [2.45, 2.75) is 19.9 Å². The average molecular weight is 309 g/mol. The molecule has 0 heterocycles. The standard InChI is InChI=1S/C16H18Cl2N2/c1-2-8-20(15-5-3-4-14(19)10-15)11-12-6-7-13(17)9-16(12)18/h3-7,9-10H,2,8,11,19H2,1H3. The van der Waals surface area contributed by atoms with E-state index in [-0.39, 0.29) is 0 Å². The highest BCUT2D eigenvalue weighted by molar-refractivity contribution is 6.35. The largest absolute Gasteiger partial charge is 0.399 e. The van der Waals surface area contributed by atoms with Gasteiger partial charge in [-0.15, -0.1) is 0 Å². The summed E-state index contributed by atoms with van der Waals surface area (Å²) in [4.78, 5) is 2.27. The van der Waals surface area contributed by atoms with Gasteiger partial charge in [0.25, 0.3) is 0 Å². The molecule has 0 bridgehead atoms. The summed E-state index contributed by atoms with van der Waals surface area (Å²) in [5.41, 5.74) is 8.81. The molecule has 2 rings (SSSR count). The maximum Gasteiger partial charge on any atom is 0.0470 e. The van der Waals surface area contributed by atoms with Crippen molar-refractivity contribution >= 4 is 34.6 Å². The van der Waals surface area contributed by atoms with Gasteiger partial charge < -0.3 is 10.6 Å². The molecular formula is C16H18Cl2N2. The molecule has 0 fully saturated rings. The van der Waals surface area contributed by atoms with Crippen LogP contribution in [-0.2, 0) is 6.54 Å². The Morgan fingerprint density at radius 2 is 1.90 bits per heavy atom. The summed E-state index contributed by atoms with van der Waals surface area (Å²) in [5, 5.41) is 1.35. The molecule has 0 saturated carbocycles. The first-order chi connectivity index (χ1) is 9.60. The molecule has 0 aromatic heterocycles. The predicted octanol–water partition coefficient (Wildman–Crippen LogP) is 4.99. The predicted molar refractivity (Wildman–Crippen MR) is 88.7 cm³/mol. The van der Waals surface area contributed by atoms with Crippen molar-refractivity contribution in [3.05, 3.63) is 58.1 Å². The van der Waals surface area contributed by atoms with E-state index in [9.17, 15) is 0 Å². The molecule has 2 nitrogen and oxygen atoms in total. The first-order valence-corrected chi connectivity index (χ1v) is 7.40. The second-order valence-electron chi connectivity index (χ2n) is 4.75. The normalized spacial score (nSPS) is 10.6. The fourth-order valence-corrected chi connectivity index (χ4v) is 2.61. The van der Waals surface area contributed by atoms with E-state index in [1.54, 1.807) is 6.07 Å². The SMILES string of the molecule is CCCN(Cc1ccc(Cl)cc1Cl)c1cccc(N)c1. The lowest BCUT2D eigenvalue weighted by Crippen LogP contribution is -2.23. The second-order valence-corrected chi connectivity index (χ2v) is 5.60. The third-order valence-corrected chi connectivity index (χ3v) is 3.69. The first-order valence-electron chi connectivity index (χ1n) is 6.64. The van der Waals surface area contributed by atoms with E-state index in [4.69, 9.17) is 28.9 Å². The van der Waals surface area contributed by atoms with Crippen molar-refractivity contribution in [2.24, 2.45) is 0 Å². The Morgan fingerprint density at radius 1 is 1.10 bits per heavy atom. The molecule has 0 aliphatic carbocycles. The van der Waals surface area contributed by atoms with Gasteiger partial charge in [0.1, 0.15) is 0 Å². The summed E-state index contributed by atoms with van der Waals surface area (Å²) in [5.74, 6) is 0. The molecule has 2 N–H and O–H groups in total. The van der Waals surface area contributed by atoms with Crippen LogP contribution in [0.3, 0.4) is 0 Å². The number of nitrogen functional groups attached to an aromatic ring is 1. The van der Waals surface area contributed by atoms with Crippen LogP contribution in [0.4, 0.5) is 11.4 Å². The van der Waals surface area contributed by atoms with E-state index in [1.807, 2.05) is 30.3 Å². The van der Waals surface area contributed by atoms with Crippen molar-refractivity contribution < 1.29 is 0 Å². The van der Waals surface area contributed by atoms with Crippen LogP contribution < -0.4 is 10.6 Å². The van der Waals surface area contributed by atoms with Gasteiger partial charge in [0.2, 0.25) is 0 Å². The summed E-state index contributed by atoms with van der Waals surface area (Å²) in [6, 6.07) is 13.5. The maximum atomic E-state index is 6.26. The molecule has 2 aromatic rings. The van der Waals surface area contributed by atoms with Crippen LogP contribution in [0.2, 0.25) is 10.0 Å². The highest BCUT2D eigenvalue weighted by Gasteiger charge is 2.09. The van der Waals surface area contributed by atoms with Gasteiger partial charge in [0, 0.05) is 34.5 Å². The van der Waals surface area contributed by atoms with Crippen molar-refractivity contribution in [3.63, 3.8) is 0 Å². The molecule has 0 aliphatic heterocycles. The Hall–Kier alpha value is -1.38. The molecule has 0 aliphatic rings. The zero-order chi connectivity index (χ0) is 14.5. The van der Waals surface area contributed by atoms with Gasteiger partial charge >= 0.3 is 0 Å². The lowest BCUT2D eigenvalue weighted by molar-refractivity contribution is 0.768. The van der Waals surface area contributed by atoms with Crippen LogP contribution in [0.25, 0.3) is 0 Å². The molecule has 2 aromatic carbocycles. The van der Waals surface area contributed by atoms with Crippen LogP contribution in [0.5, 0.6) is 0 Å². The van der Waals surface area contributed by atoms with Crippen LogP contribution in [0.15, 0.2) is 42.5 Å². The van der Waals surface area contributed by atoms with Gasteiger partial charge in [-0.3, -0.25) is 0 Å². The van der Waals surface area contributed by atoms with Crippen molar-refractivity contribution in [1.82, 2.24) is 0 Å². The van der Waals surface area contributed by atoms with Gasteiger partial charge in [-0.2, -0.15) is 0 Å². The number of nitrogens with zero attached hydrogens (tertiary/aromatic N) is 1. The lowest BCUT2D eigenvalue weighted by Gasteiger charge is -2.25. The summed E-state index contributed by atoms with van der Waals surface area (Å²) >= 11 is 12.2. The van der Waals surface area contributed by atoms with E-state index in [0.717, 1.165) is 36.4 Å². The topological polar surface area (TPSA) is 29.3 Å². The molecule has 0 atom stereocenters. The van der Waals surface area contributed by atoms with E-state index < -0.39 is 0 Å². The number of hydrogen-bond donors (Lipinski definition) is 1. The third-order valence-electron chi connectivity index (χ3n) is 3.11. The number of nitrogens with two attached hydrogens (primary N) is 1. The molecule has 0 radical (unpaired) electrons. The second kappa shape index (κ2) is 6.87. The summed E-state index contributed by atoms with van der Waals surface area (Å²) in [6.07, 6.45) is 1.06. The van der Waals surface area contributed by atoms with Gasteiger partial charge in [-0.25, -0.2) is 0 Å². The molecule has 106 valence electrons. The molecule has 0 amide bonds. The minimum absolute atomic E-state index is 0.657. The Morgan fingerprint density at radius 3 is 2.55 bits per heavy atom. The van der Waals surface area contributed by atoms with Crippen LogP contribution in [-0.4, -0.2) is 6.54 Å². The molecule has 4 heteroatoms. The van der Waals surface area contributed by atoms with Crippen molar-refractivity contribution in [3.8, 4) is 0 Å². The Kier molecular flexibility index (Phi) is 5.16. The van der Waals surface area contributed by atoms with E-state index in [2.05, 4.69) is 17.9 Å². The lowest BCUT2D eigenvalue weighted by atomic mass is 10.1. The number of halogens is 2. The molecule has 0 unspecified atom stereocenters. The molecular weight excluding hydrogens is 291 g/mol. The number of benzene rings is 2. The minimum Gasteiger partial charge on any atom is -0.399 e. The maximum absolute atomic E-state index is 6.26. The van der Waals surface area contributed by atoms with E-state index >= 15 is 0 Å². The smallest absolute Gasteiger partial charge is 0.0470 e. The summed E-state index contributed by atoms with van der Waals surface area (Å²) in [7, 11) is 0. The van der Waals surface area contributed by atoms with Crippen LogP contribution >= 0.6 is 23.2 Å². The average Bonchev–Trinajstić information content (AvgIpc) is 2.41. The van der Waals surface area contributed by atoms with E-state index in [0.29, 0.717) is 10.0 Å². The van der Waals surface area contributed by atoms with Crippen LogP contribution in [0, 0.1) is 0 Å². The highest BCUT2D eigenvalue weighted by Crippen LogP contribution is 2.25. The Bertz CT molecular complexity index is 584. The monoisotopic (exact) mass is 308 g/mol. The van der Waals surface area contributed by atoms with Crippen molar-refractivity contribution in [1.29, 1.82) is 0 Å². The summed E-state index contributed by atoms with van der Waals surface area (Å²) in [6.45, 7) is 3.85. The van der Waals surface area contributed by atoms with E-state index in [1.165, 1.54) is 0 Å². The quantitative estimate of drug-likeness (QED) is 0.788. The Balaban J connectivity index is 2.25. The number of rotatable bonds is 5. The number of anilines is 2. The van der Waals surface area contributed by atoms with Gasteiger partial charge in [-0.05, 0) is 42.3 Å². The zero-order valence-electron chi connectivity index (χ0n) is 11.4. The zero-order valence-corrected chi connectivity index (χ0v) is 13.0. The molecule has 0 spiro atoms. The van der Waals surface area contributed by atoms with Gasteiger partial charge in [0.05, 0.1) is 0 Å². The van der Waals surface area contributed by atoms with Gasteiger partial charge in [0.15, 0.2) is 0 Å². The fourth-order valence-electron chi connectivity index (χ4n) is 2.15.